The molecule has 0 aliphatic carbocycles. The minimum atomic E-state index is -4.09. The standard InChI is InChI=1S/C12H23F3N2O/c1-2-5-16-11(9-18)8-17-6-3-4-10(7-17)12(13,14)15/h10-11,16,18H,2-9H2,1H3. The predicted molar refractivity (Wildman–Crippen MR) is 64.4 cm³/mol. The lowest BCUT2D eigenvalue weighted by Gasteiger charge is -2.35. The van der Waals surface area contributed by atoms with Gasteiger partial charge in [-0.25, -0.2) is 0 Å². The molecule has 1 saturated heterocycles. The molecule has 0 spiro atoms. The summed E-state index contributed by atoms with van der Waals surface area (Å²) in [6.45, 7) is 4.00. The van der Waals surface area contributed by atoms with Crippen LogP contribution in [-0.2, 0) is 0 Å². The molecular formula is C12H23F3N2O. The molecule has 2 atom stereocenters. The van der Waals surface area contributed by atoms with Gasteiger partial charge in [0.2, 0.25) is 0 Å². The van der Waals surface area contributed by atoms with Gasteiger partial charge in [0.15, 0.2) is 0 Å². The number of rotatable bonds is 6. The third-order valence-corrected chi connectivity index (χ3v) is 3.35. The van der Waals surface area contributed by atoms with E-state index in [0.29, 0.717) is 19.5 Å². The number of halogens is 3. The van der Waals surface area contributed by atoms with Crippen molar-refractivity contribution < 1.29 is 18.3 Å². The molecule has 1 aliphatic heterocycles. The largest absolute Gasteiger partial charge is 0.395 e. The van der Waals surface area contributed by atoms with Gasteiger partial charge in [0.05, 0.1) is 12.5 Å². The second-order valence-corrected chi connectivity index (χ2v) is 4.97. The van der Waals surface area contributed by atoms with Gasteiger partial charge in [0.25, 0.3) is 0 Å². The molecule has 2 unspecified atom stereocenters. The van der Waals surface area contributed by atoms with Crippen molar-refractivity contribution >= 4 is 0 Å². The minimum Gasteiger partial charge on any atom is -0.395 e. The fraction of sp³-hybridized carbons (Fsp3) is 1.00. The Bertz CT molecular complexity index is 236. The molecule has 0 aromatic carbocycles. The number of likely N-dealkylation sites (tertiary alicyclic amines) is 1. The Balaban J connectivity index is 2.41. The van der Waals surface area contributed by atoms with E-state index in [1.54, 1.807) is 0 Å². The summed E-state index contributed by atoms with van der Waals surface area (Å²) < 4.78 is 37.9. The predicted octanol–water partition coefficient (Wildman–Crippen LogP) is 1.62. The van der Waals surface area contributed by atoms with Gasteiger partial charge >= 0.3 is 6.18 Å². The lowest BCUT2D eigenvalue weighted by atomic mass is 9.97. The number of aliphatic hydroxyl groups is 1. The molecule has 6 heteroatoms. The second-order valence-electron chi connectivity index (χ2n) is 4.97. The topological polar surface area (TPSA) is 35.5 Å². The van der Waals surface area contributed by atoms with Crippen LogP contribution in [-0.4, -0.2) is 55.0 Å². The van der Waals surface area contributed by atoms with Gasteiger partial charge in [-0.1, -0.05) is 6.92 Å². The first kappa shape index (κ1) is 15.7. The van der Waals surface area contributed by atoms with E-state index in [9.17, 15) is 18.3 Å². The highest BCUT2D eigenvalue weighted by Gasteiger charge is 2.41. The summed E-state index contributed by atoms with van der Waals surface area (Å²) in [4.78, 5) is 1.81. The Kier molecular flexibility index (Phi) is 6.38. The quantitative estimate of drug-likeness (QED) is 0.768. The van der Waals surface area contributed by atoms with Gasteiger partial charge in [-0.3, -0.25) is 0 Å². The lowest BCUT2D eigenvalue weighted by molar-refractivity contribution is -0.187. The Morgan fingerprint density at radius 1 is 1.44 bits per heavy atom. The van der Waals surface area contributed by atoms with E-state index >= 15 is 0 Å². The van der Waals surface area contributed by atoms with Crippen molar-refractivity contribution in [3.05, 3.63) is 0 Å². The summed E-state index contributed by atoms with van der Waals surface area (Å²) in [5.41, 5.74) is 0. The molecular weight excluding hydrogens is 245 g/mol. The summed E-state index contributed by atoms with van der Waals surface area (Å²) in [6, 6.07) is -0.128. The van der Waals surface area contributed by atoms with Crippen molar-refractivity contribution in [3.63, 3.8) is 0 Å². The first-order valence-electron chi connectivity index (χ1n) is 6.60. The Morgan fingerprint density at radius 3 is 2.72 bits per heavy atom. The Labute approximate surface area is 106 Å². The summed E-state index contributed by atoms with van der Waals surface area (Å²) in [7, 11) is 0. The highest BCUT2D eigenvalue weighted by molar-refractivity contribution is 4.81. The molecule has 0 aromatic heterocycles. The van der Waals surface area contributed by atoms with E-state index in [1.807, 2.05) is 11.8 Å². The minimum absolute atomic E-state index is 0.0345. The molecule has 0 saturated carbocycles. The van der Waals surface area contributed by atoms with Crippen LogP contribution in [0.4, 0.5) is 13.2 Å². The van der Waals surface area contributed by atoms with E-state index in [1.165, 1.54) is 0 Å². The van der Waals surface area contributed by atoms with E-state index < -0.39 is 12.1 Å². The van der Waals surface area contributed by atoms with Crippen molar-refractivity contribution in [2.75, 3.05) is 32.8 Å². The van der Waals surface area contributed by atoms with Crippen LogP contribution in [0.2, 0.25) is 0 Å². The van der Waals surface area contributed by atoms with Gasteiger partial charge in [0, 0.05) is 19.1 Å². The first-order valence-corrected chi connectivity index (χ1v) is 6.60. The number of hydrogen-bond acceptors (Lipinski definition) is 3. The normalized spacial score (nSPS) is 24.2. The van der Waals surface area contributed by atoms with E-state index in [-0.39, 0.29) is 25.6 Å². The molecule has 108 valence electrons. The summed E-state index contributed by atoms with van der Waals surface area (Å²) in [5.74, 6) is -1.21. The highest BCUT2D eigenvalue weighted by Crippen LogP contribution is 2.32. The molecule has 1 heterocycles. The van der Waals surface area contributed by atoms with Crippen molar-refractivity contribution in [3.8, 4) is 0 Å². The van der Waals surface area contributed by atoms with Gasteiger partial charge in [0.1, 0.15) is 0 Å². The highest BCUT2D eigenvalue weighted by atomic mass is 19.4. The molecule has 1 rings (SSSR count). The lowest BCUT2D eigenvalue weighted by Crippen LogP contribution is -2.49. The smallest absolute Gasteiger partial charge is 0.393 e. The van der Waals surface area contributed by atoms with Crippen molar-refractivity contribution in [2.24, 2.45) is 5.92 Å². The van der Waals surface area contributed by atoms with Gasteiger partial charge in [-0.15, -0.1) is 0 Å². The van der Waals surface area contributed by atoms with Crippen LogP contribution in [0.3, 0.4) is 0 Å². The van der Waals surface area contributed by atoms with Crippen LogP contribution in [0.1, 0.15) is 26.2 Å². The zero-order chi connectivity index (χ0) is 13.6. The average molecular weight is 268 g/mol. The molecule has 0 radical (unpaired) electrons. The SMILES string of the molecule is CCCNC(CO)CN1CCCC(C(F)(F)F)C1. The zero-order valence-corrected chi connectivity index (χ0v) is 10.8. The molecule has 0 bridgehead atoms. The molecule has 1 fully saturated rings. The van der Waals surface area contributed by atoms with Gasteiger partial charge < -0.3 is 15.3 Å². The maximum atomic E-state index is 12.6. The van der Waals surface area contributed by atoms with E-state index in [0.717, 1.165) is 13.0 Å². The van der Waals surface area contributed by atoms with Crippen molar-refractivity contribution in [1.29, 1.82) is 0 Å². The second kappa shape index (κ2) is 7.31. The third kappa shape index (κ3) is 5.12. The maximum absolute atomic E-state index is 12.6. The van der Waals surface area contributed by atoms with Crippen LogP contribution in [0.15, 0.2) is 0 Å². The molecule has 0 aromatic rings. The molecule has 1 aliphatic rings. The van der Waals surface area contributed by atoms with Crippen LogP contribution < -0.4 is 5.32 Å². The van der Waals surface area contributed by atoms with E-state index in [4.69, 9.17) is 0 Å². The maximum Gasteiger partial charge on any atom is 0.393 e. The Hall–Kier alpha value is -0.330. The number of aliphatic hydroxyl groups excluding tert-OH is 1. The van der Waals surface area contributed by atoms with Gasteiger partial charge in [-0.05, 0) is 32.4 Å². The number of hydrogen-bond donors (Lipinski definition) is 2. The monoisotopic (exact) mass is 268 g/mol. The zero-order valence-electron chi connectivity index (χ0n) is 10.8. The van der Waals surface area contributed by atoms with E-state index in [2.05, 4.69) is 5.32 Å². The number of alkyl halides is 3. The van der Waals surface area contributed by atoms with Crippen LogP contribution in [0.5, 0.6) is 0 Å². The fourth-order valence-electron chi connectivity index (χ4n) is 2.34. The molecule has 0 amide bonds. The Morgan fingerprint density at radius 2 is 2.17 bits per heavy atom. The molecule has 2 N–H and O–H groups in total. The summed E-state index contributed by atoms with van der Waals surface area (Å²) >= 11 is 0. The van der Waals surface area contributed by atoms with Gasteiger partial charge in [-0.2, -0.15) is 13.2 Å². The van der Waals surface area contributed by atoms with Crippen molar-refractivity contribution in [1.82, 2.24) is 10.2 Å². The molecule has 3 nitrogen and oxygen atoms in total. The third-order valence-electron chi connectivity index (χ3n) is 3.35. The number of nitrogens with one attached hydrogen (secondary N) is 1. The van der Waals surface area contributed by atoms with Crippen molar-refractivity contribution in [2.45, 2.75) is 38.4 Å². The number of piperidine rings is 1. The van der Waals surface area contributed by atoms with Crippen LogP contribution in [0.25, 0.3) is 0 Å². The fourth-order valence-corrected chi connectivity index (χ4v) is 2.34. The molecule has 18 heavy (non-hydrogen) atoms. The number of nitrogens with zero attached hydrogens (tertiary/aromatic N) is 1. The first-order chi connectivity index (χ1) is 8.47. The van der Waals surface area contributed by atoms with Crippen LogP contribution in [0, 0.1) is 5.92 Å². The summed E-state index contributed by atoms with van der Waals surface area (Å²) in [5, 5.41) is 12.3. The average Bonchev–Trinajstić information content (AvgIpc) is 2.33. The van der Waals surface area contributed by atoms with Crippen LogP contribution >= 0.6 is 0 Å². The summed E-state index contributed by atoms with van der Waals surface area (Å²) in [6.07, 6.45) is -2.34.